The Morgan fingerprint density at radius 3 is 2.58 bits per heavy atom. The molecule has 1 heterocycles. The maximum Gasteiger partial charge on any atom is 0.0368 e. The summed E-state index contributed by atoms with van der Waals surface area (Å²) < 4.78 is 0. The average Bonchev–Trinajstić information content (AvgIpc) is 2.53. The molecule has 0 aromatic heterocycles. The van der Waals surface area contributed by atoms with E-state index in [1.54, 1.807) is 0 Å². The normalized spacial score (nSPS) is 23.1. The van der Waals surface area contributed by atoms with Gasteiger partial charge >= 0.3 is 0 Å². The first-order valence-corrected chi connectivity index (χ1v) is 4.53. The minimum Gasteiger partial charge on any atom is -0.369 e. The highest BCUT2D eigenvalue weighted by atomic mass is 15.2. The van der Waals surface area contributed by atoms with Gasteiger partial charge in [-0.05, 0) is 31.9 Å². The third kappa shape index (κ3) is 1.31. The third-order valence-electron chi connectivity index (χ3n) is 2.46. The van der Waals surface area contributed by atoms with Crippen molar-refractivity contribution in [3.63, 3.8) is 0 Å². The minimum absolute atomic E-state index is 0.479. The van der Waals surface area contributed by atoms with Gasteiger partial charge in [-0.15, -0.1) is 0 Å². The number of anilines is 1. The van der Waals surface area contributed by atoms with Crippen LogP contribution in [0.2, 0.25) is 0 Å². The zero-order chi connectivity index (χ0) is 8.39. The fraction of sp³-hybridized carbons (Fsp3) is 0.364. The molecule has 1 heteroatoms. The lowest BCUT2D eigenvalue weighted by atomic mass is 10.2. The van der Waals surface area contributed by atoms with Gasteiger partial charge in [0.1, 0.15) is 0 Å². The van der Waals surface area contributed by atoms with Crippen molar-refractivity contribution in [1.29, 1.82) is 0 Å². The molecule has 0 saturated carbocycles. The van der Waals surface area contributed by atoms with Crippen molar-refractivity contribution in [3.8, 4) is 0 Å². The minimum atomic E-state index is 0.479. The Morgan fingerprint density at radius 1 is 1.25 bits per heavy atom. The molecule has 0 bridgehead atoms. The van der Waals surface area contributed by atoms with Gasteiger partial charge in [-0.25, -0.2) is 0 Å². The van der Waals surface area contributed by atoms with Gasteiger partial charge in [0.15, 0.2) is 0 Å². The fourth-order valence-electron chi connectivity index (χ4n) is 1.80. The Morgan fingerprint density at radius 2 is 2.00 bits per heavy atom. The Kier molecular flexibility index (Phi) is 2.03. The second kappa shape index (κ2) is 3.18. The predicted molar refractivity (Wildman–Crippen MR) is 52.2 cm³/mol. The van der Waals surface area contributed by atoms with E-state index in [-0.39, 0.29) is 0 Å². The second-order valence-electron chi connectivity index (χ2n) is 3.32. The van der Waals surface area contributed by atoms with Gasteiger partial charge in [0.2, 0.25) is 0 Å². The summed E-state index contributed by atoms with van der Waals surface area (Å²) in [5.41, 5.74) is 1.31. The van der Waals surface area contributed by atoms with Crippen LogP contribution in [0.3, 0.4) is 0 Å². The zero-order valence-electron chi connectivity index (χ0n) is 7.24. The van der Waals surface area contributed by atoms with Gasteiger partial charge in [-0.3, -0.25) is 0 Å². The summed E-state index contributed by atoms with van der Waals surface area (Å²) in [6, 6.07) is 11.0. The molecular formula is C11H14N. The molecule has 0 amide bonds. The van der Waals surface area contributed by atoms with Crippen LogP contribution in [-0.2, 0) is 0 Å². The van der Waals surface area contributed by atoms with E-state index in [4.69, 9.17) is 0 Å². The van der Waals surface area contributed by atoms with Crippen LogP contribution in [0.4, 0.5) is 5.69 Å². The Hall–Kier alpha value is -0.980. The van der Waals surface area contributed by atoms with Crippen LogP contribution < -0.4 is 4.90 Å². The van der Waals surface area contributed by atoms with Crippen LogP contribution in [0.25, 0.3) is 0 Å². The zero-order valence-corrected chi connectivity index (χ0v) is 7.24. The van der Waals surface area contributed by atoms with Gasteiger partial charge in [0.05, 0.1) is 0 Å². The maximum absolute atomic E-state index is 4.12. The number of benzene rings is 1. The third-order valence-corrected chi connectivity index (χ3v) is 2.46. The first-order chi connectivity index (χ1) is 5.88. The Bertz CT molecular complexity index is 242. The van der Waals surface area contributed by atoms with Gasteiger partial charge < -0.3 is 4.90 Å². The predicted octanol–water partition coefficient (Wildman–Crippen LogP) is 2.49. The van der Waals surface area contributed by atoms with Crippen LogP contribution in [0.5, 0.6) is 0 Å². The van der Waals surface area contributed by atoms with Crippen LogP contribution in [0, 0.1) is 6.92 Å². The Balaban J connectivity index is 2.19. The van der Waals surface area contributed by atoms with E-state index in [9.17, 15) is 0 Å². The van der Waals surface area contributed by atoms with Crippen molar-refractivity contribution in [3.05, 3.63) is 37.3 Å². The molecule has 0 aliphatic carbocycles. The lowest BCUT2D eigenvalue weighted by Crippen LogP contribution is -2.26. The molecule has 1 unspecified atom stereocenters. The highest BCUT2D eigenvalue weighted by molar-refractivity contribution is 5.48. The largest absolute Gasteiger partial charge is 0.369 e. The molecule has 1 aliphatic rings. The average molecular weight is 160 g/mol. The quantitative estimate of drug-likeness (QED) is 0.610. The number of nitrogens with zero attached hydrogens (tertiary/aromatic N) is 1. The second-order valence-corrected chi connectivity index (χ2v) is 3.32. The van der Waals surface area contributed by atoms with E-state index >= 15 is 0 Å². The van der Waals surface area contributed by atoms with E-state index in [0.29, 0.717) is 6.04 Å². The van der Waals surface area contributed by atoms with Crippen molar-refractivity contribution in [2.75, 3.05) is 11.4 Å². The Labute approximate surface area is 74.0 Å². The number of rotatable bonds is 1. The highest BCUT2D eigenvalue weighted by Gasteiger charge is 2.19. The molecule has 0 spiro atoms. The first-order valence-electron chi connectivity index (χ1n) is 4.53. The van der Waals surface area contributed by atoms with Crippen molar-refractivity contribution < 1.29 is 0 Å². The molecule has 1 atom stereocenters. The summed E-state index contributed by atoms with van der Waals surface area (Å²) in [7, 11) is 0. The molecule has 1 aromatic carbocycles. The highest BCUT2D eigenvalue weighted by Crippen LogP contribution is 2.23. The van der Waals surface area contributed by atoms with Crippen molar-refractivity contribution >= 4 is 5.69 Å². The van der Waals surface area contributed by atoms with Gasteiger partial charge in [-0.2, -0.15) is 0 Å². The van der Waals surface area contributed by atoms with E-state index in [2.05, 4.69) is 42.2 Å². The number of para-hydroxylation sites is 1. The molecule has 1 fully saturated rings. The topological polar surface area (TPSA) is 3.24 Å². The summed E-state index contributed by atoms with van der Waals surface area (Å²) >= 11 is 0. The summed E-state index contributed by atoms with van der Waals surface area (Å²) in [6.07, 6.45) is 2.51. The van der Waals surface area contributed by atoms with E-state index < -0.39 is 0 Å². The van der Waals surface area contributed by atoms with E-state index in [1.807, 2.05) is 0 Å². The molecule has 1 saturated heterocycles. The molecule has 2 rings (SSSR count). The monoisotopic (exact) mass is 160 g/mol. The fourth-order valence-corrected chi connectivity index (χ4v) is 1.80. The number of hydrogen-bond donors (Lipinski definition) is 0. The molecule has 12 heavy (non-hydrogen) atoms. The SMILES string of the molecule is [CH2]C1CCCN1c1ccccc1. The smallest absolute Gasteiger partial charge is 0.0368 e. The molecule has 1 aliphatic heterocycles. The van der Waals surface area contributed by atoms with E-state index in [1.165, 1.54) is 18.5 Å². The maximum atomic E-state index is 4.12. The number of hydrogen-bond acceptors (Lipinski definition) is 1. The van der Waals surface area contributed by atoms with Crippen molar-refractivity contribution in [2.24, 2.45) is 0 Å². The summed E-state index contributed by atoms with van der Waals surface area (Å²) in [5.74, 6) is 0. The summed E-state index contributed by atoms with van der Waals surface area (Å²) in [5, 5.41) is 0. The molecule has 1 aromatic rings. The molecule has 63 valence electrons. The molecule has 0 N–H and O–H groups in total. The van der Waals surface area contributed by atoms with Crippen LogP contribution >= 0.6 is 0 Å². The van der Waals surface area contributed by atoms with Crippen LogP contribution in [0.15, 0.2) is 30.3 Å². The molecule has 1 nitrogen and oxygen atoms in total. The van der Waals surface area contributed by atoms with Gasteiger partial charge in [0, 0.05) is 18.3 Å². The first kappa shape index (κ1) is 7.66. The van der Waals surface area contributed by atoms with Crippen LogP contribution in [0.1, 0.15) is 12.8 Å². The standard InChI is InChI=1S/C11H14N/c1-10-6-5-9-12(10)11-7-3-2-4-8-11/h2-4,7-8,10H,1,5-6,9H2. The summed E-state index contributed by atoms with van der Waals surface area (Å²) in [4.78, 5) is 2.38. The lowest BCUT2D eigenvalue weighted by molar-refractivity contribution is 0.802. The molecular weight excluding hydrogens is 146 g/mol. The van der Waals surface area contributed by atoms with Gasteiger partial charge in [-0.1, -0.05) is 18.2 Å². The van der Waals surface area contributed by atoms with Crippen LogP contribution in [-0.4, -0.2) is 12.6 Å². The molecule has 1 radical (unpaired) electrons. The van der Waals surface area contributed by atoms with Crippen molar-refractivity contribution in [1.82, 2.24) is 0 Å². The lowest BCUT2D eigenvalue weighted by Gasteiger charge is -2.23. The summed E-state index contributed by atoms with van der Waals surface area (Å²) in [6.45, 7) is 5.29. The van der Waals surface area contributed by atoms with Gasteiger partial charge in [0.25, 0.3) is 0 Å². The van der Waals surface area contributed by atoms with Crippen molar-refractivity contribution in [2.45, 2.75) is 18.9 Å². The van der Waals surface area contributed by atoms with E-state index in [0.717, 1.165) is 6.54 Å².